The van der Waals surface area contributed by atoms with Crippen molar-refractivity contribution in [3.63, 3.8) is 0 Å². The Morgan fingerprint density at radius 1 is 1.06 bits per heavy atom. The molecule has 0 unspecified atom stereocenters. The van der Waals surface area contributed by atoms with E-state index in [1.807, 2.05) is 13.0 Å². The lowest BCUT2D eigenvalue weighted by atomic mass is 10.1. The van der Waals surface area contributed by atoms with Gasteiger partial charge in [-0.25, -0.2) is 22.2 Å². The standard InChI is InChI=1S/C22H24F2N6O2S/c1-11-8-17(29-28-11)25-21-18(12-4-5-12)19(13-6-7-13)26-22(27-21)30(2)20-15(23)9-14(10-16(20)24)33(3,31)32/h8-10,12-13H,4-7H2,1-3H3,(H2,25,26,27,28,29). The number of halogens is 2. The topological polar surface area (TPSA) is 104 Å². The number of benzene rings is 1. The van der Waals surface area contributed by atoms with E-state index in [1.54, 1.807) is 0 Å². The van der Waals surface area contributed by atoms with Crippen molar-refractivity contribution in [2.45, 2.75) is 49.3 Å². The molecule has 0 spiro atoms. The minimum atomic E-state index is -3.76. The first kappa shape index (κ1) is 21.7. The Kier molecular flexibility index (Phi) is 5.11. The highest BCUT2D eigenvalue weighted by Gasteiger charge is 2.38. The van der Waals surface area contributed by atoms with Crippen molar-refractivity contribution in [2.24, 2.45) is 0 Å². The van der Waals surface area contributed by atoms with Crippen LogP contribution in [-0.4, -0.2) is 41.9 Å². The molecule has 2 aliphatic rings. The maximum absolute atomic E-state index is 14.9. The summed E-state index contributed by atoms with van der Waals surface area (Å²) in [6, 6.07) is 3.48. The Morgan fingerprint density at radius 2 is 1.70 bits per heavy atom. The summed E-state index contributed by atoms with van der Waals surface area (Å²) in [5.74, 6) is -0.0588. The van der Waals surface area contributed by atoms with Crippen molar-refractivity contribution in [3.8, 4) is 0 Å². The third kappa shape index (κ3) is 4.29. The van der Waals surface area contributed by atoms with Gasteiger partial charge in [0, 0.05) is 36.5 Å². The number of hydrogen-bond donors (Lipinski definition) is 2. The highest BCUT2D eigenvalue weighted by molar-refractivity contribution is 7.90. The molecule has 5 rings (SSSR count). The van der Waals surface area contributed by atoms with Gasteiger partial charge in [-0.05, 0) is 50.7 Å². The summed E-state index contributed by atoms with van der Waals surface area (Å²) in [6.07, 6.45) is 5.01. The van der Waals surface area contributed by atoms with Crippen LogP contribution >= 0.6 is 0 Å². The maximum atomic E-state index is 14.9. The number of aromatic nitrogens is 4. The predicted octanol–water partition coefficient (Wildman–Crippen LogP) is 4.46. The summed E-state index contributed by atoms with van der Waals surface area (Å²) < 4.78 is 53.3. The molecule has 0 atom stereocenters. The first-order chi connectivity index (χ1) is 15.6. The summed E-state index contributed by atoms with van der Waals surface area (Å²) >= 11 is 0. The van der Waals surface area contributed by atoms with Gasteiger partial charge in [-0.15, -0.1) is 0 Å². The first-order valence-electron chi connectivity index (χ1n) is 10.8. The quantitative estimate of drug-likeness (QED) is 0.521. The van der Waals surface area contributed by atoms with Crippen LogP contribution in [0.2, 0.25) is 0 Å². The number of aryl methyl sites for hydroxylation is 1. The Hall–Kier alpha value is -3.08. The van der Waals surface area contributed by atoms with E-state index in [0.29, 0.717) is 23.5 Å². The predicted molar refractivity (Wildman–Crippen MR) is 120 cm³/mol. The van der Waals surface area contributed by atoms with E-state index in [1.165, 1.54) is 11.9 Å². The van der Waals surface area contributed by atoms with Crippen LogP contribution in [0.3, 0.4) is 0 Å². The van der Waals surface area contributed by atoms with Gasteiger partial charge in [0.05, 0.1) is 10.6 Å². The Labute approximate surface area is 190 Å². The van der Waals surface area contributed by atoms with Crippen LogP contribution in [0.4, 0.5) is 32.1 Å². The lowest BCUT2D eigenvalue weighted by Crippen LogP contribution is -2.19. The lowest BCUT2D eigenvalue weighted by Gasteiger charge is -2.22. The number of rotatable bonds is 7. The van der Waals surface area contributed by atoms with Crippen molar-refractivity contribution in [1.82, 2.24) is 20.2 Å². The van der Waals surface area contributed by atoms with Gasteiger partial charge in [0.15, 0.2) is 27.3 Å². The van der Waals surface area contributed by atoms with Crippen LogP contribution in [0, 0.1) is 18.6 Å². The molecule has 0 aliphatic heterocycles. The molecule has 2 aliphatic carbocycles. The fraction of sp³-hybridized carbons (Fsp3) is 0.409. The van der Waals surface area contributed by atoms with Crippen LogP contribution < -0.4 is 10.2 Å². The molecule has 0 amide bonds. The average molecular weight is 475 g/mol. The molecule has 2 heterocycles. The van der Waals surface area contributed by atoms with Crippen molar-refractivity contribution in [1.29, 1.82) is 0 Å². The molecule has 0 radical (unpaired) electrons. The second kappa shape index (κ2) is 7.75. The van der Waals surface area contributed by atoms with Crippen LogP contribution in [0.1, 0.15) is 54.5 Å². The van der Waals surface area contributed by atoms with Crippen LogP contribution in [-0.2, 0) is 9.84 Å². The summed E-state index contributed by atoms with van der Waals surface area (Å²) in [5, 5.41) is 10.4. The van der Waals surface area contributed by atoms with Crippen molar-refractivity contribution >= 4 is 33.1 Å². The lowest BCUT2D eigenvalue weighted by molar-refractivity contribution is 0.568. The molecular weight excluding hydrogens is 450 g/mol. The fourth-order valence-electron chi connectivity index (χ4n) is 3.94. The maximum Gasteiger partial charge on any atom is 0.232 e. The normalized spacial score (nSPS) is 16.2. The fourth-order valence-corrected chi connectivity index (χ4v) is 4.58. The van der Waals surface area contributed by atoms with Gasteiger partial charge in [0.25, 0.3) is 0 Å². The van der Waals surface area contributed by atoms with E-state index in [4.69, 9.17) is 4.98 Å². The smallest absolute Gasteiger partial charge is 0.232 e. The zero-order chi connectivity index (χ0) is 23.5. The van der Waals surface area contributed by atoms with E-state index >= 15 is 0 Å². The van der Waals surface area contributed by atoms with Gasteiger partial charge in [0.1, 0.15) is 11.5 Å². The number of aromatic amines is 1. The summed E-state index contributed by atoms with van der Waals surface area (Å²) in [4.78, 5) is 10.2. The molecule has 11 heteroatoms. The Morgan fingerprint density at radius 3 is 2.21 bits per heavy atom. The van der Waals surface area contributed by atoms with Crippen LogP contribution in [0.15, 0.2) is 23.1 Å². The molecule has 0 bridgehead atoms. The van der Waals surface area contributed by atoms with Gasteiger partial charge in [-0.1, -0.05) is 0 Å². The number of nitrogens with one attached hydrogen (secondary N) is 2. The molecule has 33 heavy (non-hydrogen) atoms. The summed E-state index contributed by atoms with van der Waals surface area (Å²) in [6.45, 7) is 1.89. The number of hydrogen-bond acceptors (Lipinski definition) is 7. The van der Waals surface area contributed by atoms with Crippen LogP contribution in [0.25, 0.3) is 0 Å². The number of anilines is 4. The zero-order valence-corrected chi connectivity index (χ0v) is 19.3. The minimum absolute atomic E-state index is 0.126. The van der Waals surface area contributed by atoms with E-state index < -0.39 is 32.1 Å². The van der Waals surface area contributed by atoms with E-state index in [2.05, 4.69) is 20.5 Å². The third-order valence-electron chi connectivity index (χ3n) is 5.92. The minimum Gasteiger partial charge on any atom is -0.323 e. The number of sulfone groups is 1. The molecule has 0 saturated heterocycles. The second-order valence-corrected chi connectivity index (χ2v) is 10.9. The van der Waals surface area contributed by atoms with E-state index in [-0.39, 0.29) is 5.95 Å². The molecule has 1 aromatic carbocycles. The molecule has 2 fully saturated rings. The highest BCUT2D eigenvalue weighted by atomic mass is 32.2. The first-order valence-corrected chi connectivity index (χ1v) is 12.6. The monoisotopic (exact) mass is 474 g/mol. The van der Waals surface area contributed by atoms with Gasteiger partial charge in [-0.3, -0.25) is 5.10 Å². The number of nitrogens with zero attached hydrogens (tertiary/aromatic N) is 4. The largest absolute Gasteiger partial charge is 0.323 e. The van der Waals surface area contributed by atoms with Crippen LogP contribution in [0.5, 0.6) is 0 Å². The molecule has 8 nitrogen and oxygen atoms in total. The van der Waals surface area contributed by atoms with Gasteiger partial charge in [-0.2, -0.15) is 10.1 Å². The molecule has 3 aromatic rings. The van der Waals surface area contributed by atoms with Crippen molar-refractivity contribution < 1.29 is 17.2 Å². The second-order valence-electron chi connectivity index (χ2n) is 8.85. The molecule has 2 N–H and O–H groups in total. The van der Waals surface area contributed by atoms with Crippen molar-refractivity contribution in [3.05, 3.63) is 46.8 Å². The third-order valence-corrected chi connectivity index (χ3v) is 7.01. The zero-order valence-electron chi connectivity index (χ0n) is 18.5. The van der Waals surface area contributed by atoms with Crippen molar-refractivity contribution in [2.75, 3.05) is 23.5 Å². The molecule has 2 aromatic heterocycles. The Bertz CT molecular complexity index is 1330. The van der Waals surface area contributed by atoms with Gasteiger partial charge < -0.3 is 10.2 Å². The molecular formula is C22H24F2N6O2S. The summed E-state index contributed by atoms with van der Waals surface area (Å²) in [5.41, 5.74) is 2.42. The molecule has 174 valence electrons. The Balaban J connectivity index is 1.61. The van der Waals surface area contributed by atoms with E-state index in [9.17, 15) is 17.2 Å². The molecule has 2 saturated carbocycles. The van der Waals surface area contributed by atoms with E-state index in [0.717, 1.165) is 61.0 Å². The SMILES string of the molecule is Cc1cc(Nc2nc(N(C)c3c(F)cc(S(C)(=O)=O)cc3F)nc(C3CC3)c2C2CC2)n[nH]1. The van der Waals surface area contributed by atoms with Gasteiger partial charge in [0.2, 0.25) is 5.95 Å². The van der Waals surface area contributed by atoms with Gasteiger partial charge >= 0.3 is 0 Å². The highest BCUT2D eigenvalue weighted by Crippen LogP contribution is 2.51. The average Bonchev–Trinajstić information content (AvgIpc) is 3.65. The summed E-state index contributed by atoms with van der Waals surface area (Å²) in [7, 11) is -2.30. The number of H-pyrrole nitrogens is 1.